The lowest BCUT2D eigenvalue weighted by molar-refractivity contribution is 0.0479. The van der Waals surface area contributed by atoms with Crippen molar-refractivity contribution in [1.29, 1.82) is 0 Å². The van der Waals surface area contributed by atoms with E-state index in [1.54, 1.807) is 0 Å². The maximum absolute atomic E-state index is 13.6. The van der Waals surface area contributed by atoms with Crippen molar-refractivity contribution < 1.29 is 8.78 Å². The van der Waals surface area contributed by atoms with E-state index in [9.17, 15) is 8.78 Å². The third kappa shape index (κ3) is 3.74. The number of halogens is 2. The van der Waals surface area contributed by atoms with Gasteiger partial charge in [-0.1, -0.05) is 6.08 Å². The summed E-state index contributed by atoms with van der Waals surface area (Å²) in [5, 5.41) is 0. The van der Waals surface area contributed by atoms with Crippen molar-refractivity contribution in [1.82, 2.24) is 0 Å². The number of alkyl halides is 2. The first-order chi connectivity index (χ1) is 10.7. The zero-order chi connectivity index (χ0) is 15.5. The fourth-order valence-corrected chi connectivity index (χ4v) is 5.48. The normalized spacial score (nSPS) is 47.1. The Labute approximate surface area is 134 Å². The van der Waals surface area contributed by atoms with E-state index in [0.717, 1.165) is 24.2 Å². The van der Waals surface area contributed by atoms with Crippen LogP contribution in [0.2, 0.25) is 0 Å². The minimum absolute atomic E-state index is 0.456. The van der Waals surface area contributed by atoms with E-state index in [4.69, 9.17) is 0 Å². The molecule has 126 valence electrons. The molecule has 0 heterocycles. The van der Waals surface area contributed by atoms with Gasteiger partial charge < -0.3 is 0 Å². The molecule has 3 saturated carbocycles. The van der Waals surface area contributed by atoms with Crippen molar-refractivity contribution in [2.45, 2.75) is 83.0 Å². The van der Waals surface area contributed by atoms with E-state index in [-0.39, 0.29) is 0 Å². The molecule has 3 fully saturated rings. The highest BCUT2D eigenvalue weighted by atomic mass is 19.2. The van der Waals surface area contributed by atoms with Gasteiger partial charge in [0.2, 0.25) is 0 Å². The first-order valence-electron chi connectivity index (χ1n) is 9.58. The fraction of sp³-hybridized carbons (Fsp3) is 0.900. The van der Waals surface area contributed by atoms with Crippen molar-refractivity contribution in [2.24, 2.45) is 29.6 Å². The molecule has 0 radical (unpaired) electrons. The van der Waals surface area contributed by atoms with Gasteiger partial charge in [0.05, 0.1) is 0 Å². The highest BCUT2D eigenvalue weighted by Gasteiger charge is 2.37. The molecule has 22 heavy (non-hydrogen) atoms. The molecule has 0 N–H and O–H groups in total. The lowest BCUT2D eigenvalue weighted by Gasteiger charge is -2.41. The Morgan fingerprint density at radius 2 is 1.05 bits per heavy atom. The van der Waals surface area contributed by atoms with Gasteiger partial charge in [-0.15, -0.1) is 6.58 Å². The molecule has 3 rings (SSSR count). The third-order valence-corrected chi connectivity index (χ3v) is 7.03. The average molecular weight is 310 g/mol. The van der Waals surface area contributed by atoms with Crippen LogP contribution in [0.4, 0.5) is 8.78 Å². The maximum atomic E-state index is 13.6. The van der Waals surface area contributed by atoms with Crippen molar-refractivity contribution in [2.75, 3.05) is 0 Å². The molecule has 0 aromatic rings. The van der Waals surface area contributed by atoms with Crippen molar-refractivity contribution in [3.05, 3.63) is 12.7 Å². The molecule has 2 unspecified atom stereocenters. The number of hydrogen-bond acceptors (Lipinski definition) is 0. The van der Waals surface area contributed by atoms with E-state index in [1.165, 1.54) is 51.4 Å². The summed E-state index contributed by atoms with van der Waals surface area (Å²) < 4.78 is 26.9. The van der Waals surface area contributed by atoms with Crippen LogP contribution < -0.4 is 0 Å². The first kappa shape index (κ1) is 16.5. The summed E-state index contributed by atoms with van der Waals surface area (Å²) in [5.41, 5.74) is 0. The Balaban J connectivity index is 1.44. The van der Waals surface area contributed by atoms with Gasteiger partial charge in [-0.3, -0.25) is 0 Å². The molecule has 3 atom stereocenters. The van der Waals surface area contributed by atoms with E-state index < -0.39 is 12.3 Å². The van der Waals surface area contributed by atoms with Gasteiger partial charge in [-0.25, -0.2) is 8.78 Å². The second-order valence-electron chi connectivity index (χ2n) is 8.19. The van der Waals surface area contributed by atoms with Crippen LogP contribution in [-0.2, 0) is 0 Å². The highest BCUT2D eigenvalue weighted by Crippen LogP contribution is 2.45. The molecular weight excluding hydrogens is 278 g/mol. The molecular formula is C20H32F2. The highest BCUT2D eigenvalue weighted by molar-refractivity contribution is 4.90. The molecule has 0 aromatic heterocycles. The summed E-state index contributed by atoms with van der Waals surface area (Å²) >= 11 is 0. The van der Waals surface area contributed by atoms with Crippen molar-refractivity contribution in [3.8, 4) is 0 Å². The average Bonchev–Trinajstić information content (AvgIpc) is 2.58. The Hall–Kier alpha value is -0.400. The molecule has 0 saturated heterocycles. The molecule has 0 aliphatic heterocycles. The maximum Gasteiger partial charge on any atom is 0.131 e. The summed E-state index contributed by atoms with van der Waals surface area (Å²) in [5.74, 6) is 3.71. The van der Waals surface area contributed by atoms with Gasteiger partial charge in [-0.05, 0) is 100 Å². The summed E-state index contributed by atoms with van der Waals surface area (Å²) in [4.78, 5) is 0. The second kappa shape index (κ2) is 7.45. The fourth-order valence-electron chi connectivity index (χ4n) is 5.48. The predicted molar refractivity (Wildman–Crippen MR) is 88.2 cm³/mol. The molecule has 0 spiro atoms. The van der Waals surface area contributed by atoms with Crippen LogP contribution >= 0.6 is 0 Å². The Morgan fingerprint density at radius 1 is 0.591 bits per heavy atom. The molecule has 2 heteroatoms. The van der Waals surface area contributed by atoms with Gasteiger partial charge in [0.1, 0.15) is 12.3 Å². The van der Waals surface area contributed by atoms with Crippen LogP contribution in [0.5, 0.6) is 0 Å². The van der Waals surface area contributed by atoms with Gasteiger partial charge >= 0.3 is 0 Å². The minimum Gasteiger partial charge on any atom is -0.244 e. The zero-order valence-corrected chi connectivity index (χ0v) is 13.9. The van der Waals surface area contributed by atoms with Crippen LogP contribution in [0.15, 0.2) is 12.7 Å². The largest absolute Gasteiger partial charge is 0.244 e. The van der Waals surface area contributed by atoms with Crippen LogP contribution in [0.1, 0.15) is 70.6 Å². The van der Waals surface area contributed by atoms with Gasteiger partial charge in [0.15, 0.2) is 0 Å². The van der Waals surface area contributed by atoms with E-state index >= 15 is 0 Å². The zero-order valence-electron chi connectivity index (χ0n) is 13.9. The Bertz CT molecular complexity index is 351. The molecule has 0 aromatic carbocycles. The van der Waals surface area contributed by atoms with E-state index in [0.29, 0.717) is 24.7 Å². The Kier molecular flexibility index (Phi) is 5.57. The minimum atomic E-state index is -1.19. The summed E-state index contributed by atoms with van der Waals surface area (Å²) in [6.45, 7) is 3.94. The number of rotatable bonds is 3. The summed E-state index contributed by atoms with van der Waals surface area (Å²) in [6, 6.07) is 0. The van der Waals surface area contributed by atoms with E-state index in [2.05, 4.69) is 12.7 Å². The Morgan fingerprint density at radius 3 is 1.55 bits per heavy atom. The van der Waals surface area contributed by atoms with Crippen LogP contribution in [-0.4, -0.2) is 12.3 Å². The molecule has 0 bridgehead atoms. The van der Waals surface area contributed by atoms with Crippen LogP contribution in [0.3, 0.4) is 0 Å². The summed E-state index contributed by atoms with van der Waals surface area (Å²) in [7, 11) is 0. The van der Waals surface area contributed by atoms with Gasteiger partial charge in [0, 0.05) is 0 Å². The summed E-state index contributed by atoms with van der Waals surface area (Å²) in [6.07, 6.45) is 12.2. The standard InChI is InChI=1S/C20H32F2/c1-2-14-3-5-15(6-4-14)16-7-9-17(10-8-16)18-11-12-19(21)20(22)13-18/h2,14-20H,1,3-13H2/t14?,15?,16?,17?,18-,19?,20?/m1/s1. The number of hydrogen-bond donors (Lipinski definition) is 0. The predicted octanol–water partition coefficient (Wildman–Crippen LogP) is 6.26. The monoisotopic (exact) mass is 310 g/mol. The lowest BCUT2D eigenvalue weighted by atomic mass is 9.65. The number of allylic oxidation sites excluding steroid dienone is 1. The first-order valence-corrected chi connectivity index (χ1v) is 9.58. The quantitative estimate of drug-likeness (QED) is 0.539. The molecule has 3 aliphatic carbocycles. The van der Waals surface area contributed by atoms with Crippen LogP contribution in [0.25, 0.3) is 0 Å². The van der Waals surface area contributed by atoms with E-state index in [1.807, 2.05) is 0 Å². The smallest absolute Gasteiger partial charge is 0.131 e. The van der Waals surface area contributed by atoms with Gasteiger partial charge in [0.25, 0.3) is 0 Å². The van der Waals surface area contributed by atoms with Crippen molar-refractivity contribution in [3.63, 3.8) is 0 Å². The van der Waals surface area contributed by atoms with Crippen LogP contribution in [0, 0.1) is 29.6 Å². The third-order valence-electron chi connectivity index (χ3n) is 7.03. The van der Waals surface area contributed by atoms with Crippen molar-refractivity contribution >= 4 is 0 Å². The molecule has 0 amide bonds. The molecule has 0 nitrogen and oxygen atoms in total. The second-order valence-corrected chi connectivity index (χ2v) is 8.19. The molecule has 3 aliphatic rings. The SMILES string of the molecule is C=CC1CCC(C2CCC([C@@H]3CCC(F)C(F)C3)CC2)CC1. The lowest BCUT2D eigenvalue weighted by Crippen LogP contribution is -2.34. The van der Waals surface area contributed by atoms with Gasteiger partial charge in [-0.2, -0.15) is 0 Å². The topological polar surface area (TPSA) is 0 Å².